The van der Waals surface area contributed by atoms with Crippen LogP contribution in [0.1, 0.15) is 42.6 Å². The Hall–Kier alpha value is -2.42. The highest BCUT2D eigenvalue weighted by molar-refractivity contribution is 7.89. The second kappa shape index (κ2) is 10.5. The molecule has 9 heteroatoms. The minimum Gasteiger partial charge on any atom is -0.352 e. The molecule has 0 spiro atoms. The fourth-order valence-corrected chi connectivity index (χ4v) is 5.43. The molecule has 1 N–H and O–H groups in total. The Morgan fingerprint density at radius 3 is 2.44 bits per heavy atom. The lowest BCUT2D eigenvalue weighted by Gasteiger charge is -2.20. The molecule has 1 aliphatic rings. The van der Waals surface area contributed by atoms with Gasteiger partial charge in [-0.3, -0.25) is 9.59 Å². The SMILES string of the molecule is CCN(CC)S(=O)(=O)c1ccc2c(c1)CCN2C(=O)CCCNC(=O)c1ccc(Cl)cc1. The Morgan fingerprint density at radius 1 is 1.09 bits per heavy atom. The van der Waals surface area contributed by atoms with Gasteiger partial charge in [0.05, 0.1) is 4.90 Å². The summed E-state index contributed by atoms with van der Waals surface area (Å²) in [5.41, 5.74) is 2.14. The molecule has 0 bridgehead atoms. The number of carbonyl (C=O) groups excluding carboxylic acids is 2. The van der Waals surface area contributed by atoms with E-state index in [2.05, 4.69) is 5.32 Å². The van der Waals surface area contributed by atoms with Crippen molar-refractivity contribution in [3.8, 4) is 0 Å². The van der Waals surface area contributed by atoms with Crippen molar-refractivity contribution < 1.29 is 18.0 Å². The van der Waals surface area contributed by atoms with Crippen molar-refractivity contribution in [1.29, 1.82) is 0 Å². The molecule has 3 rings (SSSR count). The summed E-state index contributed by atoms with van der Waals surface area (Å²) in [5.74, 6) is -0.244. The van der Waals surface area contributed by atoms with Crippen LogP contribution in [0.2, 0.25) is 5.02 Å². The van der Waals surface area contributed by atoms with E-state index in [0.717, 1.165) is 11.3 Å². The third-order valence-corrected chi connectivity index (χ3v) is 7.85. The summed E-state index contributed by atoms with van der Waals surface area (Å²) < 4.78 is 26.9. The van der Waals surface area contributed by atoms with Crippen LogP contribution in [0.15, 0.2) is 47.4 Å². The molecule has 7 nitrogen and oxygen atoms in total. The van der Waals surface area contributed by atoms with E-state index in [4.69, 9.17) is 11.6 Å². The van der Waals surface area contributed by atoms with E-state index in [0.29, 0.717) is 56.0 Å². The number of carbonyl (C=O) groups is 2. The number of amides is 2. The quantitative estimate of drug-likeness (QED) is 0.560. The summed E-state index contributed by atoms with van der Waals surface area (Å²) in [5, 5.41) is 3.37. The van der Waals surface area contributed by atoms with Crippen molar-refractivity contribution in [1.82, 2.24) is 9.62 Å². The summed E-state index contributed by atoms with van der Waals surface area (Å²) in [6.07, 6.45) is 1.42. The monoisotopic (exact) mass is 477 g/mol. The Balaban J connectivity index is 1.56. The first-order chi connectivity index (χ1) is 15.3. The summed E-state index contributed by atoms with van der Waals surface area (Å²) in [4.78, 5) is 26.8. The van der Waals surface area contributed by atoms with Gasteiger partial charge in [-0.05, 0) is 60.9 Å². The topological polar surface area (TPSA) is 86.8 Å². The van der Waals surface area contributed by atoms with Gasteiger partial charge in [0.15, 0.2) is 0 Å². The van der Waals surface area contributed by atoms with Crippen LogP contribution in [0.5, 0.6) is 0 Å². The lowest BCUT2D eigenvalue weighted by atomic mass is 10.2. The van der Waals surface area contributed by atoms with Gasteiger partial charge in [-0.2, -0.15) is 4.31 Å². The molecule has 32 heavy (non-hydrogen) atoms. The van der Waals surface area contributed by atoms with Gasteiger partial charge in [-0.15, -0.1) is 0 Å². The predicted molar refractivity (Wildman–Crippen MR) is 126 cm³/mol. The molecule has 1 heterocycles. The molecule has 0 saturated heterocycles. The van der Waals surface area contributed by atoms with E-state index < -0.39 is 10.0 Å². The van der Waals surface area contributed by atoms with Crippen LogP contribution in [-0.4, -0.2) is 50.7 Å². The van der Waals surface area contributed by atoms with E-state index in [1.165, 1.54) is 4.31 Å². The number of fused-ring (bicyclic) bond motifs is 1. The fraction of sp³-hybridized carbons (Fsp3) is 0.391. The van der Waals surface area contributed by atoms with Crippen LogP contribution in [0, 0.1) is 0 Å². The Kier molecular flexibility index (Phi) is 7.92. The van der Waals surface area contributed by atoms with Gasteiger partial charge in [0, 0.05) is 48.9 Å². The number of sulfonamides is 1. The molecule has 0 atom stereocenters. The van der Waals surface area contributed by atoms with Crippen LogP contribution in [0.25, 0.3) is 0 Å². The number of halogens is 1. The van der Waals surface area contributed by atoms with E-state index in [9.17, 15) is 18.0 Å². The molecular formula is C23H28ClN3O4S. The van der Waals surface area contributed by atoms with Crippen molar-refractivity contribution in [3.63, 3.8) is 0 Å². The molecular weight excluding hydrogens is 450 g/mol. The van der Waals surface area contributed by atoms with Gasteiger partial charge in [0.2, 0.25) is 15.9 Å². The number of benzene rings is 2. The average Bonchev–Trinajstić information content (AvgIpc) is 3.21. The second-order valence-electron chi connectivity index (χ2n) is 7.54. The second-order valence-corrected chi connectivity index (χ2v) is 9.92. The van der Waals surface area contributed by atoms with Crippen LogP contribution >= 0.6 is 11.6 Å². The van der Waals surface area contributed by atoms with Crippen LogP contribution in [-0.2, 0) is 21.2 Å². The lowest BCUT2D eigenvalue weighted by molar-refractivity contribution is -0.118. The van der Waals surface area contributed by atoms with E-state index in [1.807, 2.05) is 13.8 Å². The first-order valence-corrected chi connectivity index (χ1v) is 12.6. The zero-order valence-corrected chi connectivity index (χ0v) is 19.9. The number of hydrogen-bond donors (Lipinski definition) is 1. The summed E-state index contributed by atoms with van der Waals surface area (Å²) in [6, 6.07) is 11.6. The molecule has 0 saturated carbocycles. The number of hydrogen-bond acceptors (Lipinski definition) is 4. The molecule has 1 aliphatic heterocycles. The smallest absolute Gasteiger partial charge is 0.251 e. The first kappa shape index (κ1) is 24.2. The van der Waals surface area contributed by atoms with Crippen LogP contribution < -0.4 is 10.2 Å². The standard InChI is InChI=1S/C23H28ClN3O4S/c1-3-26(4-2)32(30,31)20-11-12-21-18(16-20)13-15-27(21)22(28)6-5-14-25-23(29)17-7-9-19(24)10-8-17/h7-12,16H,3-6,13-15H2,1-2H3,(H,25,29). The third-order valence-electron chi connectivity index (χ3n) is 5.55. The van der Waals surface area contributed by atoms with Gasteiger partial charge in [-0.25, -0.2) is 8.42 Å². The Morgan fingerprint density at radius 2 is 1.78 bits per heavy atom. The van der Waals surface area contributed by atoms with Crippen LogP contribution in [0.3, 0.4) is 0 Å². The average molecular weight is 478 g/mol. The number of nitrogens with zero attached hydrogens (tertiary/aromatic N) is 2. The molecule has 2 aromatic rings. The number of anilines is 1. The molecule has 0 unspecified atom stereocenters. The molecule has 0 radical (unpaired) electrons. The summed E-state index contributed by atoms with van der Waals surface area (Å²) in [6.45, 7) is 5.36. The van der Waals surface area contributed by atoms with Gasteiger partial charge in [-0.1, -0.05) is 25.4 Å². The van der Waals surface area contributed by atoms with Gasteiger partial charge < -0.3 is 10.2 Å². The molecule has 0 fully saturated rings. The maximum Gasteiger partial charge on any atom is 0.251 e. The lowest BCUT2D eigenvalue weighted by Crippen LogP contribution is -2.31. The minimum absolute atomic E-state index is 0.0381. The van der Waals surface area contributed by atoms with E-state index in [-0.39, 0.29) is 16.7 Å². The minimum atomic E-state index is -3.53. The van der Waals surface area contributed by atoms with Gasteiger partial charge >= 0.3 is 0 Å². The van der Waals surface area contributed by atoms with Crippen molar-refractivity contribution >= 4 is 39.1 Å². The molecule has 172 valence electrons. The normalized spacial score (nSPS) is 13.3. The Labute approximate surface area is 194 Å². The zero-order chi connectivity index (χ0) is 23.3. The summed E-state index contributed by atoms with van der Waals surface area (Å²) >= 11 is 5.83. The van der Waals surface area contributed by atoms with Crippen molar-refractivity contribution in [2.75, 3.05) is 31.1 Å². The van der Waals surface area contributed by atoms with E-state index >= 15 is 0 Å². The van der Waals surface area contributed by atoms with Crippen molar-refractivity contribution in [2.24, 2.45) is 0 Å². The highest BCUT2D eigenvalue weighted by Gasteiger charge is 2.28. The maximum absolute atomic E-state index is 12.8. The fourth-order valence-electron chi connectivity index (χ4n) is 3.79. The molecule has 2 aromatic carbocycles. The highest BCUT2D eigenvalue weighted by atomic mass is 35.5. The van der Waals surface area contributed by atoms with Crippen molar-refractivity contribution in [2.45, 2.75) is 38.0 Å². The first-order valence-electron chi connectivity index (χ1n) is 10.7. The number of nitrogens with one attached hydrogen (secondary N) is 1. The van der Waals surface area contributed by atoms with Gasteiger partial charge in [0.1, 0.15) is 0 Å². The Bertz CT molecular complexity index is 1080. The molecule has 0 aliphatic carbocycles. The third kappa shape index (κ3) is 5.31. The largest absolute Gasteiger partial charge is 0.352 e. The molecule has 0 aromatic heterocycles. The van der Waals surface area contributed by atoms with Crippen LogP contribution in [0.4, 0.5) is 5.69 Å². The molecule has 2 amide bonds. The van der Waals surface area contributed by atoms with Gasteiger partial charge in [0.25, 0.3) is 5.91 Å². The number of rotatable bonds is 9. The maximum atomic E-state index is 12.8. The zero-order valence-electron chi connectivity index (χ0n) is 18.3. The summed E-state index contributed by atoms with van der Waals surface area (Å²) in [7, 11) is -3.53. The predicted octanol–water partition coefficient (Wildman–Crippen LogP) is 3.47. The van der Waals surface area contributed by atoms with E-state index in [1.54, 1.807) is 47.4 Å². The highest BCUT2D eigenvalue weighted by Crippen LogP contribution is 2.31. The van der Waals surface area contributed by atoms with Crippen molar-refractivity contribution in [3.05, 3.63) is 58.6 Å².